The normalized spacial score (nSPS) is 11.9. The molecular formula is C49H38N2O. The molecular weight excluding hydrogens is 633 g/mol. The van der Waals surface area contributed by atoms with Crippen molar-refractivity contribution in [1.29, 1.82) is 5.41 Å². The summed E-state index contributed by atoms with van der Waals surface area (Å²) in [6, 6.07) is 61.1. The van der Waals surface area contributed by atoms with Gasteiger partial charge in [-0.2, -0.15) is 0 Å². The highest BCUT2D eigenvalue weighted by molar-refractivity contribution is 6.11. The highest BCUT2D eigenvalue weighted by Crippen LogP contribution is 2.36. The Morgan fingerprint density at radius 1 is 0.538 bits per heavy atom. The molecule has 7 aromatic carbocycles. The van der Waals surface area contributed by atoms with Crippen LogP contribution in [0.5, 0.6) is 0 Å². The number of benzene rings is 7. The molecule has 0 aliphatic carbocycles. The zero-order valence-corrected chi connectivity index (χ0v) is 29.0. The van der Waals surface area contributed by atoms with Crippen LogP contribution in [0, 0.1) is 5.41 Å². The topological polar surface area (TPSA) is 49.0 Å². The van der Waals surface area contributed by atoms with E-state index in [0.717, 1.165) is 55.5 Å². The van der Waals surface area contributed by atoms with Crippen molar-refractivity contribution in [2.75, 3.05) is 7.05 Å². The molecule has 1 heterocycles. The summed E-state index contributed by atoms with van der Waals surface area (Å²) in [7, 11) is 1.87. The molecule has 0 atom stereocenters. The molecule has 0 radical (unpaired) electrons. The van der Waals surface area contributed by atoms with E-state index in [4.69, 9.17) is 9.83 Å². The van der Waals surface area contributed by atoms with Crippen molar-refractivity contribution in [3.05, 3.63) is 210 Å². The van der Waals surface area contributed by atoms with Crippen molar-refractivity contribution in [2.24, 2.45) is 0 Å². The first-order valence-corrected chi connectivity index (χ1v) is 17.6. The molecule has 1 aromatic heterocycles. The molecule has 0 fully saturated rings. The van der Waals surface area contributed by atoms with Crippen LogP contribution in [0.3, 0.4) is 0 Å². The largest absolute Gasteiger partial charge is 0.456 e. The minimum atomic E-state index is 0.453. The van der Waals surface area contributed by atoms with Crippen LogP contribution in [0.2, 0.25) is 0 Å². The smallest absolute Gasteiger partial charge is 0.135 e. The van der Waals surface area contributed by atoms with Gasteiger partial charge >= 0.3 is 0 Å². The summed E-state index contributed by atoms with van der Waals surface area (Å²) in [6.07, 6.45) is 5.04. The Labute approximate surface area is 304 Å². The molecule has 8 rings (SSSR count). The van der Waals surface area contributed by atoms with Crippen LogP contribution in [0.4, 0.5) is 0 Å². The average molecular weight is 671 g/mol. The second kappa shape index (κ2) is 14.6. The van der Waals surface area contributed by atoms with E-state index in [1.165, 1.54) is 27.8 Å². The van der Waals surface area contributed by atoms with Crippen LogP contribution in [-0.2, 0) is 6.42 Å². The Morgan fingerprint density at radius 2 is 1.08 bits per heavy atom. The maximum absolute atomic E-state index is 8.93. The van der Waals surface area contributed by atoms with Crippen molar-refractivity contribution in [2.45, 2.75) is 6.42 Å². The molecule has 52 heavy (non-hydrogen) atoms. The third-order valence-electron chi connectivity index (χ3n) is 9.65. The number of likely N-dealkylation sites (N-methyl/N-ethyl adjacent to an activating group) is 1. The lowest BCUT2D eigenvalue weighted by Gasteiger charge is -2.12. The monoisotopic (exact) mass is 670 g/mol. The van der Waals surface area contributed by atoms with Gasteiger partial charge in [-0.05, 0) is 86.8 Å². The van der Waals surface area contributed by atoms with E-state index in [1.807, 2.05) is 43.4 Å². The van der Waals surface area contributed by atoms with Gasteiger partial charge in [-0.3, -0.25) is 5.41 Å². The summed E-state index contributed by atoms with van der Waals surface area (Å²) < 4.78 is 6.39. The lowest BCUT2D eigenvalue weighted by atomic mass is 9.95. The summed E-state index contributed by atoms with van der Waals surface area (Å²) in [6.45, 7) is 0. The van der Waals surface area contributed by atoms with Gasteiger partial charge in [-0.25, -0.2) is 0 Å². The standard InChI is InChI=1S/C49H38N2O/c1-51-45(49(50)39-17-9-4-10-18-39)33-43(35-15-7-3-8-16-35)28-27-38-19-12-22-47-48(38)44-32-42(29-30-46(44)52-47)37-25-23-36(24-26-37)41-21-11-20-40(31-41)34-13-5-2-6-14-34/h2-26,28-33,50-51H,27H2,1H3/b43-28+,45-33-,50-49?. The van der Waals surface area contributed by atoms with Crippen molar-refractivity contribution >= 4 is 33.2 Å². The van der Waals surface area contributed by atoms with Crippen LogP contribution in [0.15, 0.2) is 198 Å². The number of furan rings is 1. The fourth-order valence-electron chi connectivity index (χ4n) is 6.91. The summed E-state index contributed by atoms with van der Waals surface area (Å²) in [4.78, 5) is 0. The maximum Gasteiger partial charge on any atom is 0.135 e. The van der Waals surface area contributed by atoms with E-state index in [-0.39, 0.29) is 0 Å². The summed E-state index contributed by atoms with van der Waals surface area (Å²) in [5, 5.41) is 14.4. The SMILES string of the molecule is CN/C(=C\C(=C/Cc1cccc2oc3ccc(-c4ccc(-c5cccc(-c6ccccc6)c5)cc4)cc3c12)c1ccccc1)C(=N)c1ccccc1. The molecule has 250 valence electrons. The Hall–Kier alpha value is -6.71. The van der Waals surface area contributed by atoms with E-state index in [0.29, 0.717) is 12.1 Å². The summed E-state index contributed by atoms with van der Waals surface area (Å²) in [5.74, 6) is 0. The molecule has 0 unspecified atom stereocenters. The van der Waals surface area contributed by atoms with Gasteiger partial charge in [0.1, 0.15) is 11.2 Å². The van der Waals surface area contributed by atoms with Crippen LogP contribution in [0.1, 0.15) is 16.7 Å². The predicted molar refractivity (Wildman–Crippen MR) is 219 cm³/mol. The Balaban J connectivity index is 1.13. The third-order valence-corrected chi connectivity index (χ3v) is 9.65. The van der Waals surface area contributed by atoms with Gasteiger partial charge in [-0.1, -0.05) is 158 Å². The molecule has 8 aromatic rings. The van der Waals surface area contributed by atoms with Crippen LogP contribution >= 0.6 is 0 Å². The van der Waals surface area contributed by atoms with Crippen molar-refractivity contribution in [1.82, 2.24) is 5.32 Å². The lowest BCUT2D eigenvalue weighted by molar-refractivity contribution is 0.669. The quantitative estimate of drug-likeness (QED) is 0.112. The van der Waals surface area contributed by atoms with Gasteiger partial charge in [0.05, 0.1) is 11.4 Å². The first-order valence-electron chi connectivity index (χ1n) is 17.6. The first kappa shape index (κ1) is 32.5. The number of hydrogen-bond acceptors (Lipinski definition) is 3. The predicted octanol–water partition coefficient (Wildman–Crippen LogP) is 12.4. The molecule has 3 nitrogen and oxygen atoms in total. The van der Waals surface area contributed by atoms with E-state index >= 15 is 0 Å². The first-order chi connectivity index (χ1) is 25.6. The minimum Gasteiger partial charge on any atom is -0.456 e. The molecule has 0 bridgehead atoms. The zero-order valence-electron chi connectivity index (χ0n) is 29.0. The van der Waals surface area contributed by atoms with E-state index in [2.05, 4.69) is 157 Å². The van der Waals surface area contributed by atoms with Crippen molar-refractivity contribution < 1.29 is 4.42 Å². The summed E-state index contributed by atoms with van der Waals surface area (Å²) in [5.41, 5.74) is 14.3. The number of nitrogens with one attached hydrogen (secondary N) is 2. The van der Waals surface area contributed by atoms with E-state index in [1.54, 1.807) is 0 Å². The third kappa shape index (κ3) is 6.73. The Morgan fingerprint density at radius 3 is 1.73 bits per heavy atom. The fourth-order valence-corrected chi connectivity index (χ4v) is 6.91. The molecule has 0 saturated carbocycles. The Kier molecular flexibility index (Phi) is 9.15. The molecule has 0 saturated heterocycles. The molecule has 0 spiro atoms. The highest BCUT2D eigenvalue weighted by atomic mass is 16.3. The average Bonchev–Trinajstić information content (AvgIpc) is 3.60. The van der Waals surface area contributed by atoms with Gasteiger partial charge < -0.3 is 9.73 Å². The van der Waals surface area contributed by atoms with Gasteiger partial charge in [0.25, 0.3) is 0 Å². The second-order valence-corrected chi connectivity index (χ2v) is 12.9. The summed E-state index contributed by atoms with van der Waals surface area (Å²) >= 11 is 0. The van der Waals surface area contributed by atoms with Crippen LogP contribution in [-0.4, -0.2) is 12.8 Å². The van der Waals surface area contributed by atoms with Gasteiger partial charge in [-0.15, -0.1) is 0 Å². The maximum atomic E-state index is 8.93. The molecule has 0 amide bonds. The van der Waals surface area contributed by atoms with E-state index in [9.17, 15) is 0 Å². The minimum absolute atomic E-state index is 0.453. The lowest BCUT2D eigenvalue weighted by Crippen LogP contribution is -2.16. The molecule has 3 heteroatoms. The zero-order chi connectivity index (χ0) is 35.3. The number of allylic oxidation sites excluding steroid dienone is 4. The molecule has 0 aliphatic heterocycles. The van der Waals surface area contributed by atoms with E-state index < -0.39 is 0 Å². The van der Waals surface area contributed by atoms with Crippen molar-refractivity contribution in [3.63, 3.8) is 0 Å². The van der Waals surface area contributed by atoms with Crippen LogP contribution < -0.4 is 5.32 Å². The van der Waals surface area contributed by atoms with Gasteiger partial charge in [0, 0.05) is 23.4 Å². The number of fused-ring (bicyclic) bond motifs is 3. The molecule has 0 aliphatic rings. The van der Waals surface area contributed by atoms with Gasteiger partial charge in [0.15, 0.2) is 0 Å². The Bertz CT molecular complexity index is 2560. The molecule has 2 N–H and O–H groups in total. The van der Waals surface area contributed by atoms with Crippen molar-refractivity contribution in [3.8, 4) is 33.4 Å². The highest BCUT2D eigenvalue weighted by Gasteiger charge is 2.14. The fraction of sp³-hybridized carbons (Fsp3) is 0.0408. The number of rotatable bonds is 10. The van der Waals surface area contributed by atoms with Gasteiger partial charge in [0.2, 0.25) is 0 Å². The van der Waals surface area contributed by atoms with Crippen LogP contribution in [0.25, 0.3) is 60.9 Å². The second-order valence-electron chi connectivity index (χ2n) is 12.9. The number of hydrogen-bond donors (Lipinski definition) is 2.